The number of anilines is 1. The third-order valence-corrected chi connectivity index (χ3v) is 2.41. The molecule has 0 saturated carbocycles. The highest BCUT2D eigenvalue weighted by Crippen LogP contribution is 2.38. The number of hydrogen-bond donors (Lipinski definition) is 0. The number of benzene rings is 1. The van der Waals surface area contributed by atoms with E-state index in [2.05, 4.69) is 4.74 Å². The molecule has 0 aliphatic carbocycles. The molecule has 0 radical (unpaired) electrons. The smallest absolute Gasteiger partial charge is 0.416 e. The fraction of sp³-hybridized carbons (Fsp3) is 0.417. The van der Waals surface area contributed by atoms with E-state index in [4.69, 9.17) is 0 Å². The highest BCUT2D eigenvalue weighted by atomic mass is 19.4. The maximum atomic E-state index is 12.6. The monoisotopic (exact) mass is 317 g/mol. The van der Waals surface area contributed by atoms with Crippen molar-refractivity contribution in [2.24, 2.45) is 0 Å². The topological polar surface area (TPSA) is 29.5 Å². The Kier molecular flexibility index (Phi) is 5.66. The molecule has 0 heterocycles. The number of nitrogens with zero attached hydrogens (tertiary/aromatic N) is 1. The maximum Gasteiger partial charge on any atom is 0.416 e. The molecular weight excluding hydrogens is 304 g/mol. The first-order chi connectivity index (χ1) is 8.96. The zero-order valence-corrected chi connectivity index (χ0v) is 10.3. The van der Waals surface area contributed by atoms with E-state index in [0.717, 1.165) is 14.2 Å². The predicted molar refractivity (Wildman–Crippen MR) is 64.0 cm³/mol. The van der Waals surface area contributed by atoms with Crippen molar-refractivity contribution in [3.63, 3.8) is 0 Å². The van der Waals surface area contributed by atoms with Gasteiger partial charge >= 0.3 is 18.4 Å². The van der Waals surface area contributed by atoms with Gasteiger partial charge in [0.2, 0.25) is 0 Å². The summed E-state index contributed by atoms with van der Waals surface area (Å²) < 4.78 is 79.7. The zero-order chi connectivity index (χ0) is 15.7. The van der Waals surface area contributed by atoms with Crippen molar-refractivity contribution in [3.05, 3.63) is 29.3 Å². The van der Waals surface area contributed by atoms with Crippen LogP contribution in [0.3, 0.4) is 0 Å². The Hall–Kier alpha value is -1.93. The number of methoxy groups -OCH3 is 1. The second-order valence-corrected chi connectivity index (χ2v) is 3.79. The number of rotatable bonds is 1. The largest absolute Gasteiger partial charge is 0.452 e. The van der Waals surface area contributed by atoms with E-state index < -0.39 is 35.3 Å². The van der Waals surface area contributed by atoms with Crippen molar-refractivity contribution in [1.82, 2.24) is 0 Å². The Morgan fingerprint density at radius 3 is 1.67 bits per heavy atom. The van der Waals surface area contributed by atoms with Gasteiger partial charge in [0.15, 0.2) is 0 Å². The van der Waals surface area contributed by atoms with Gasteiger partial charge in [0, 0.05) is 12.7 Å². The second-order valence-electron chi connectivity index (χ2n) is 3.79. The SMILES string of the molecule is C.COC(=O)N(C)c1cc(C(F)(F)F)cc(C(F)(F)F)c1. The summed E-state index contributed by atoms with van der Waals surface area (Å²) in [6.45, 7) is 0. The zero-order valence-electron chi connectivity index (χ0n) is 10.3. The first-order valence-electron chi connectivity index (χ1n) is 5.08. The molecule has 0 unspecified atom stereocenters. The molecule has 21 heavy (non-hydrogen) atoms. The molecule has 1 rings (SSSR count). The first kappa shape index (κ1) is 19.1. The summed E-state index contributed by atoms with van der Waals surface area (Å²) in [5.41, 5.74) is -3.57. The van der Waals surface area contributed by atoms with Gasteiger partial charge in [-0.05, 0) is 18.2 Å². The van der Waals surface area contributed by atoms with E-state index in [1.54, 1.807) is 0 Å². The number of ether oxygens (including phenoxy) is 1. The molecule has 0 bridgehead atoms. The lowest BCUT2D eigenvalue weighted by Crippen LogP contribution is -2.26. The molecule has 0 aliphatic heterocycles. The van der Waals surface area contributed by atoms with Crippen molar-refractivity contribution in [2.45, 2.75) is 19.8 Å². The molecule has 9 heteroatoms. The number of amides is 1. The van der Waals surface area contributed by atoms with Crippen LogP contribution in [0, 0.1) is 0 Å². The fourth-order valence-corrected chi connectivity index (χ4v) is 1.37. The quantitative estimate of drug-likeness (QED) is 0.711. The van der Waals surface area contributed by atoms with Gasteiger partial charge in [0.25, 0.3) is 0 Å². The van der Waals surface area contributed by atoms with Crippen LogP contribution in [0.15, 0.2) is 18.2 Å². The summed E-state index contributed by atoms with van der Waals surface area (Å²) in [4.78, 5) is 11.7. The summed E-state index contributed by atoms with van der Waals surface area (Å²) in [5.74, 6) is 0. The van der Waals surface area contributed by atoms with Gasteiger partial charge in [0.1, 0.15) is 0 Å². The van der Waals surface area contributed by atoms with Crippen molar-refractivity contribution >= 4 is 11.8 Å². The van der Waals surface area contributed by atoms with Gasteiger partial charge in [-0.15, -0.1) is 0 Å². The Balaban J connectivity index is 0.00000400. The standard InChI is InChI=1S/C11H9F6NO2.CH4/c1-18(9(19)20-2)8-4-6(10(12,13)14)3-7(5-8)11(15,16)17;/h3-5H,1-2H3;1H4. The second kappa shape index (κ2) is 6.23. The Morgan fingerprint density at radius 2 is 1.38 bits per heavy atom. The maximum absolute atomic E-state index is 12.6. The molecule has 120 valence electrons. The average Bonchev–Trinajstić information content (AvgIpc) is 2.34. The van der Waals surface area contributed by atoms with Crippen molar-refractivity contribution in [1.29, 1.82) is 0 Å². The molecule has 1 aromatic carbocycles. The number of halogens is 6. The molecule has 0 aliphatic rings. The van der Waals surface area contributed by atoms with Crippen molar-refractivity contribution < 1.29 is 35.9 Å². The number of alkyl halides is 6. The van der Waals surface area contributed by atoms with Gasteiger partial charge in [-0.3, -0.25) is 4.90 Å². The molecule has 1 aromatic rings. The molecule has 1 amide bonds. The molecule has 0 spiro atoms. The molecule has 0 atom stereocenters. The van der Waals surface area contributed by atoms with E-state index in [1.807, 2.05) is 0 Å². The molecule has 0 aromatic heterocycles. The minimum atomic E-state index is -4.97. The minimum Gasteiger partial charge on any atom is -0.452 e. The van der Waals surface area contributed by atoms with Crippen LogP contribution in [0.5, 0.6) is 0 Å². The van der Waals surface area contributed by atoms with Gasteiger partial charge in [0.05, 0.1) is 18.2 Å². The lowest BCUT2D eigenvalue weighted by Gasteiger charge is -2.19. The highest BCUT2D eigenvalue weighted by molar-refractivity contribution is 5.87. The van der Waals surface area contributed by atoms with E-state index in [9.17, 15) is 31.1 Å². The molecular formula is C12H13F6NO2. The summed E-state index contributed by atoms with van der Waals surface area (Å²) in [6.07, 6.45) is -11.0. The lowest BCUT2D eigenvalue weighted by molar-refractivity contribution is -0.143. The number of carbonyl (C=O) groups is 1. The number of carbonyl (C=O) groups excluding carboxylic acids is 1. The number of hydrogen-bond acceptors (Lipinski definition) is 2. The first-order valence-corrected chi connectivity index (χ1v) is 5.08. The third-order valence-electron chi connectivity index (χ3n) is 2.41. The van der Waals surface area contributed by atoms with Crippen molar-refractivity contribution in [3.8, 4) is 0 Å². The highest BCUT2D eigenvalue weighted by Gasteiger charge is 2.37. The summed E-state index contributed by atoms with van der Waals surface area (Å²) >= 11 is 0. The van der Waals surface area contributed by atoms with Crippen LogP contribution >= 0.6 is 0 Å². The normalized spacial score (nSPS) is 11.6. The predicted octanol–water partition coefficient (Wildman–Crippen LogP) is 4.56. The van der Waals surface area contributed by atoms with Gasteiger partial charge < -0.3 is 4.74 Å². The van der Waals surface area contributed by atoms with Crippen molar-refractivity contribution in [2.75, 3.05) is 19.1 Å². The molecule has 0 saturated heterocycles. The van der Waals surface area contributed by atoms with Gasteiger partial charge in [-0.1, -0.05) is 7.43 Å². The molecule has 0 N–H and O–H groups in total. The Morgan fingerprint density at radius 1 is 1.00 bits per heavy atom. The Bertz CT molecular complexity index is 477. The summed E-state index contributed by atoms with van der Waals surface area (Å²) in [6, 6.07) is 0.854. The van der Waals surface area contributed by atoms with Gasteiger partial charge in [-0.25, -0.2) is 4.79 Å². The fourth-order valence-electron chi connectivity index (χ4n) is 1.37. The summed E-state index contributed by atoms with van der Waals surface area (Å²) in [7, 11) is 1.96. The lowest BCUT2D eigenvalue weighted by atomic mass is 10.1. The van der Waals surface area contributed by atoms with E-state index in [-0.39, 0.29) is 13.5 Å². The van der Waals surface area contributed by atoms with E-state index in [1.165, 1.54) is 0 Å². The summed E-state index contributed by atoms with van der Waals surface area (Å²) in [5, 5.41) is 0. The van der Waals surface area contributed by atoms with Crippen LogP contribution in [0.2, 0.25) is 0 Å². The van der Waals surface area contributed by atoms with E-state index >= 15 is 0 Å². The van der Waals surface area contributed by atoms with Crippen LogP contribution in [-0.4, -0.2) is 20.3 Å². The van der Waals surface area contributed by atoms with E-state index in [0.29, 0.717) is 17.0 Å². The molecule has 3 nitrogen and oxygen atoms in total. The third kappa shape index (κ3) is 4.54. The van der Waals surface area contributed by atoms with Crippen LogP contribution in [-0.2, 0) is 17.1 Å². The van der Waals surface area contributed by atoms with Crippen LogP contribution in [0.4, 0.5) is 36.8 Å². The Labute approximate surface area is 117 Å². The van der Waals surface area contributed by atoms with Crippen LogP contribution < -0.4 is 4.90 Å². The van der Waals surface area contributed by atoms with Crippen LogP contribution in [0.1, 0.15) is 18.6 Å². The molecule has 0 fully saturated rings. The van der Waals surface area contributed by atoms with Crippen LogP contribution in [0.25, 0.3) is 0 Å². The minimum absolute atomic E-state index is 0. The van der Waals surface area contributed by atoms with Gasteiger partial charge in [-0.2, -0.15) is 26.3 Å². The average molecular weight is 317 g/mol.